The lowest BCUT2D eigenvalue weighted by Gasteiger charge is -2.18. The molecular formula is C25H29N3O4. The van der Waals surface area contributed by atoms with E-state index in [0.717, 1.165) is 22.6 Å². The smallest absolute Gasteiger partial charge is 0.232 e. The molecule has 1 fully saturated rings. The Morgan fingerprint density at radius 1 is 1.12 bits per heavy atom. The van der Waals surface area contributed by atoms with Gasteiger partial charge in [0.2, 0.25) is 17.6 Å². The second kappa shape index (κ2) is 9.85. The number of rotatable bonds is 9. The Kier molecular flexibility index (Phi) is 6.73. The van der Waals surface area contributed by atoms with Gasteiger partial charge in [0.05, 0.1) is 19.1 Å². The van der Waals surface area contributed by atoms with Crippen molar-refractivity contribution in [3.63, 3.8) is 0 Å². The summed E-state index contributed by atoms with van der Waals surface area (Å²) in [5, 5.41) is 4.13. The van der Waals surface area contributed by atoms with Gasteiger partial charge in [-0.3, -0.25) is 4.79 Å². The summed E-state index contributed by atoms with van der Waals surface area (Å²) in [7, 11) is 0. The van der Waals surface area contributed by atoms with Crippen LogP contribution in [0.1, 0.15) is 44.6 Å². The van der Waals surface area contributed by atoms with Crippen LogP contribution in [0.3, 0.4) is 0 Å². The van der Waals surface area contributed by atoms with Gasteiger partial charge in [0.15, 0.2) is 0 Å². The molecule has 0 saturated carbocycles. The molecular weight excluding hydrogens is 406 g/mol. The molecule has 1 aliphatic heterocycles. The van der Waals surface area contributed by atoms with Crippen LogP contribution in [0.5, 0.6) is 11.5 Å². The Bertz CT molecular complexity index is 1050. The highest BCUT2D eigenvalue weighted by Crippen LogP contribution is 2.31. The van der Waals surface area contributed by atoms with Crippen molar-refractivity contribution in [2.75, 3.05) is 19.8 Å². The van der Waals surface area contributed by atoms with Gasteiger partial charge in [-0.15, -0.1) is 0 Å². The number of carbonyl (C=O) groups excluding carboxylic acids is 1. The fraction of sp³-hybridized carbons (Fsp3) is 0.400. The van der Waals surface area contributed by atoms with E-state index in [9.17, 15) is 4.79 Å². The standard InChI is InChI=1S/C25H29N3O4/c1-4-30-22-8-6-5-7-19(22)14-28-15-20(13-23(28)29)25-26-24(27-32-25)18-9-11-21(12-10-18)31-16-17(2)3/h5-12,17,20H,4,13-16H2,1-3H3. The number of benzene rings is 2. The molecule has 4 rings (SSSR count). The number of ether oxygens (including phenoxy) is 2. The first-order valence-corrected chi connectivity index (χ1v) is 11.1. The predicted molar refractivity (Wildman–Crippen MR) is 120 cm³/mol. The van der Waals surface area contributed by atoms with Crippen LogP contribution in [0.25, 0.3) is 11.4 Å². The van der Waals surface area contributed by atoms with E-state index < -0.39 is 0 Å². The van der Waals surface area contributed by atoms with Gasteiger partial charge in [0, 0.05) is 30.6 Å². The zero-order chi connectivity index (χ0) is 22.5. The fourth-order valence-corrected chi connectivity index (χ4v) is 3.71. The summed E-state index contributed by atoms with van der Waals surface area (Å²) in [5.41, 5.74) is 1.85. The van der Waals surface area contributed by atoms with Crippen LogP contribution in [0.2, 0.25) is 0 Å². The molecule has 0 aliphatic carbocycles. The summed E-state index contributed by atoms with van der Waals surface area (Å²) in [5.74, 6) is 3.07. The lowest BCUT2D eigenvalue weighted by Crippen LogP contribution is -2.24. The molecule has 3 aromatic rings. The zero-order valence-electron chi connectivity index (χ0n) is 18.8. The van der Waals surface area contributed by atoms with E-state index in [1.54, 1.807) is 0 Å². The van der Waals surface area contributed by atoms with Crippen LogP contribution in [-0.4, -0.2) is 40.7 Å². The van der Waals surface area contributed by atoms with Crippen molar-refractivity contribution in [2.45, 2.75) is 39.7 Å². The van der Waals surface area contributed by atoms with Gasteiger partial charge in [0.25, 0.3) is 0 Å². The van der Waals surface area contributed by atoms with E-state index >= 15 is 0 Å². The number of aromatic nitrogens is 2. The van der Waals surface area contributed by atoms with Crippen molar-refractivity contribution in [3.8, 4) is 22.9 Å². The minimum absolute atomic E-state index is 0.0766. The van der Waals surface area contributed by atoms with Crippen LogP contribution >= 0.6 is 0 Å². The maximum Gasteiger partial charge on any atom is 0.232 e. The highest BCUT2D eigenvalue weighted by Gasteiger charge is 2.34. The van der Waals surface area contributed by atoms with Crippen LogP contribution in [-0.2, 0) is 11.3 Å². The Morgan fingerprint density at radius 2 is 1.91 bits per heavy atom. The van der Waals surface area contributed by atoms with Gasteiger partial charge in [0.1, 0.15) is 11.5 Å². The first-order chi connectivity index (χ1) is 15.5. The Labute approximate surface area is 188 Å². The van der Waals surface area contributed by atoms with Crippen LogP contribution < -0.4 is 9.47 Å². The molecule has 0 spiro atoms. The third-order valence-corrected chi connectivity index (χ3v) is 5.33. The number of carbonyl (C=O) groups is 1. The highest BCUT2D eigenvalue weighted by molar-refractivity contribution is 5.79. The Hall–Kier alpha value is -3.35. The summed E-state index contributed by atoms with van der Waals surface area (Å²) in [6.45, 7) is 8.49. The molecule has 0 radical (unpaired) electrons. The predicted octanol–water partition coefficient (Wildman–Crippen LogP) is 4.69. The third-order valence-electron chi connectivity index (χ3n) is 5.33. The topological polar surface area (TPSA) is 77.7 Å². The SMILES string of the molecule is CCOc1ccccc1CN1CC(c2nc(-c3ccc(OCC(C)C)cc3)no2)CC1=O. The molecule has 168 valence electrons. The summed E-state index contributed by atoms with van der Waals surface area (Å²) < 4.78 is 16.9. The maximum atomic E-state index is 12.6. The molecule has 1 saturated heterocycles. The molecule has 1 amide bonds. The fourth-order valence-electron chi connectivity index (χ4n) is 3.71. The third kappa shape index (κ3) is 5.10. The van der Waals surface area contributed by atoms with Crippen molar-refractivity contribution in [1.29, 1.82) is 0 Å². The van der Waals surface area contributed by atoms with Crippen molar-refractivity contribution in [3.05, 3.63) is 60.0 Å². The Balaban J connectivity index is 1.41. The van der Waals surface area contributed by atoms with Crippen molar-refractivity contribution < 1.29 is 18.8 Å². The van der Waals surface area contributed by atoms with Gasteiger partial charge in [-0.05, 0) is 43.2 Å². The number of hydrogen-bond donors (Lipinski definition) is 0. The lowest BCUT2D eigenvalue weighted by molar-refractivity contribution is -0.128. The second-order valence-electron chi connectivity index (χ2n) is 8.40. The molecule has 1 atom stereocenters. The molecule has 32 heavy (non-hydrogen) atoms. The zero-order valence-corrected chi connectivity index (χ0v) is 18.8. The van der Waals surface area contributed by atoms with Crippen LogP contribution in [0.4, 0.5) is 0 Å². The van der Waals surface area contributed by atoms with E-state index in [2.05, 4.69) is 24.0 Å². The summed E-state index contributed by atoms with van der Waals surface area (Å²) in [6.07, 6.45) is 0.362. The molecule has 1 aromatic heterocycles. The average Bonchev–Trinajstić information content (AvgIpc) is 3.41. The van der Waals surface area contributed by atoms with Crippen molar-refractivity contribution in [1.82, 2.24) is 15.0 Å². The van der Waals surface area contributed by atoms with E-state index in [4.69, 9.17) is 14.0 Å². The maximum absolute atomic E-state index is 12.6. The lowest BCUT2D eigenvalue weighted by atomic mass is 10.1. The largest absolute Gasteiger partial charge is 0.494 e. The second-order valence-corrected chi connectivity index (χ2v) is 8.40. The number of hydrogen-bond acceptors (Lipinski definition) is 6. The van der Waals surface area contributed by atoms with Gasteiger partial charge in [-0.2, -0.15) is 4.98 Å². The summed E-state index contributed by atoms with van der Waals surface area (Å²) in [6, 6.07) is 15.5. The van der Waals surface area contributed by atoms with E-state index in [0.29, 0.717) is 50.4 Å². The highest BCUT2D eigenvalue weighted by atomic mass is 16.5. The molecule has 7 heteroatoms. The molecule has 1 aliphatic rings. The van der Waals surface area contributed by atoms with Gasteiger partial charge >= 0.3 is 0 Å². The quantitative estimate of drug-likeness (QED) is 0.485. The van der Waals surface area contributed by atoms with E-state index in [1.807, 2.05) is 60.4 Å². The summed E-state index contributed by atoms with van der Waals surface area (Å²) >= 11 is 0. The van der Waals surface area contributed by atoms with Gasteiger partial charge in [-0.25, -0.2) is 0 Å². The molecule has 2 aromatic carbocycles. The summed E-state index contributed by atoms with van der Waals surface area (Å²) in [4.78, 5) is 19.0. The minimum Gasteiger partial charge on any atom is -0.494 e. The first-order valence-electron chi connectivity index (χ1n) is 11.1. The van der Waals surface area contributed by atoms with E-state index in [1.165, 1.54) is 0 Å². The average molecular weight is 436 g/mol. The molecule has 1 unspecified atom stereocenters. The number of nitrogens with zero attached hydrogens (tertiary/aromatic N) is 3. The molecule has 0 N–H and O–H groups in total. The van der Waals surface area contributed by atoms with Gasteiger partial charge in [-0.1, -0.05) is 37.2 Å². The number of amides is 1. The molecule has 0 bridgehead atoms. The molecule has 7 nitrogen and oxygen atoms in total. The van der Waals surface area contributed by atoms with Crippen molar-refractivity contribution in [2.24, 2.45) is 5.92 Å². The first kappa shape index (κ1) is 21.9. The monoisotopic (exact) mass is 435 g/mol. The number of para-hydroxylation sites is 1. The Morgan fingerprint density at radius 3 is 2.66 bits per heavy atom. The van der Waals surface area contributed by atoms with Crippen LogP contribution in [0, 0.1) is 5.92 Å². The minimum atomic E-state index is -0.114. The molecule has 2 heterocycles. The van der Waals surface area contributed by atoms with Gasteiger partial charge < -0.3 is 18.9 Å². The van der Waals surface area contributed by atoms with Crippen LogP contribution in [0.15, 0.2) is 53.1 Å². The van der Waals surface area contributed by atoms with E-state index in [-0.39, 0.29) is 11.8 Å². The normalized spacial score (nSPS) is 16.1. The number of likely N-dealkylation sites (tertiary alicyclic amines) is 1. The van der Waals surface area contributed by atoms with Crippen molar-refractivity contribution >= 4 is 5.91 Å².